The maximum absolute atomic E-state index is 1.68. The second-order valence-corrected chi connectivity index (χ2v) is 9.46. The third kappa shape index (κ3) is 2.07. The number of hydrogen-bond acceptors (Lipinski definition) is 0. The largest absolute Gasteiger partial charge is 0.0530 e. The highest BCUT2D eigenvalue weighted by molar-refractivity contribution is 5.03. The Bertz CT molecular complexity index is 349. The van der Waals surface area contributed by atoms with Crippen LogP contribution in [0.25, 0.3) is 0 Å². The van der Waals surface area contributed by atoms with Gasteiger partial charge in [0.25, 0.3) is 0 Å². The first-order valence-electron chi connectivity index (χ1n) is 10.4. The maximum atomic E-state index is 1.68. The van der Waals surface area contributed by atoms with Gasteiger partial charge in [-0.3, -0.25) is 0 Å². The van der Waals surface area contributed by atoms with Crippen molar-refractivity contribution in [2.75, 3.05) is 0 Å². The summed E-state index contributed by atoms with van der Waals surface area (Å²) in [5, 5.41) is 0. The molecule has 5 aliphatic rings. The molecule has 0 heterocycles. The Kier molecular flexibility index (Phi) is 3.38. The Labute approximate surface area is 131 Å². The molecule has 0 aromatic carbocycles. The fraction of sp³-hybridized carbons (Fsp3) is 1.00. The molecule has 0 bridgehead atoms. The van der Waals surface area contributed by atoms with E-state index >= 15 is 0 Å². The van der Waals surface area contributed by atoms with Crippen LogP contribution in [0.5, 0.6) is 0 Å². The third-order valence-corrected chi connectivity index (χ3v) is 8.97. The van der Waals surface area contributed by atoms with Gasteiger partial charge in [0.05, 0.1) is 0 Å². The van der Waals surface area contributed by atoms with Crippen LogP contribution in [-0.4, -0.2) is 0 Å². The molecule has 8 atom stereocenters. The van der Waals surface area contributed by atoms with Gasteiger partial charge >= 0.3 is 0 Å². The van der Waals surface area contributed by atoms with Gasteiger partial charge in [0.15, 0.2) is 0 Å². The summed E-state index contributed by atoms with van der Waals surface area (Å²) in [5.74, 6) is 9.37. The van der Waals surface area contributed by atoms with Crippen molar-refractivity contribution >= 4 is 0 Å². The fourth-order valence-electron chi connectivity index (χ4n) is 8.27. The fourth-order valence-corrected chi connectivity index (χ4v) is 8.27. The average molecular weight is 287 g/mol. The zero-order valence-corrected chi connectivity index (χ0v) is 13.8. The average Bonchev–Trinajstić information content (AvgIpc) is 2.94. The van der Waals surface area contributed by atoms with E-state index < -0.39 is 0 Å². The molecule has 0 saturated heterocycles. The van der Waals surface area contributed by atoms with Crippen molar-refractivity contribution in [2.45, 2.75) is 83.5 Å². The highest BCUT2D eigenvalue weighted by Gasteiger charge is 2.54. The lowest BCUT2D eigenvalue weighted by Gasteiger charge is -2.46. The van der Waals surface area contributed by atoms with Crippen LogP contribution in [0.4, 0.5) is 0 Å². The smallest absolute Gasteiger partial charge is 0.0349 e. The van der Waals surface area contributed by atoms with E-state index in [0.717, 1.165) is 11.8 Å². The predicted molar refractivity (Wildman–Crippen MR) is 87.9 cm³/mol. The van der Waals surface area contributed by atoms with E-state index in [0.29, 0.717) is 0 Å². The highest BCUT2D eigenvalue weighted by atomic mass is 14.6. The van der Waals surface area contributed by atoms with Gasteiger partial charge < -0.3 is 0 Å². The van der Waals surface area contributed by atoms with Crippen molar-refractivity contribution < 1.29 is 0 Å². The van der Waals surface area contributed by atoms with Crippen LogP contribution in [-0.2, 0) is 0 Å². The molecule has 5 fully saturated rings. The van der Waals surface area contributed by atoms with Crippen molar-refractivity contribution in [3.63, 3.8) is 0 Å². The molecule has 0 radical (unpaired) electrons. The summed E-state index contributed by atoms with van der Waals surface area (Å²) < 4.78 is 0. The van der Waals surface area contributed by atoms with E-state index in [2.05, 4.69) is 0 Å². The number of rotatable bonds is 0. The number of hydrogen-bond donors (Lipinski definition) is 0. The maximum Gasteiger partial charge on any atom is -0.0349 e. The Morgan fingerprint density at radius 3 is 1.33 bits per heavy atom. The lowest BCUT2D eigenvalue weighted by atomic mass is 9.59. The minimum absolute atomic E-state index is 1.15. The molecular weight excluding hydrogens is 252 g/mol. The third-order valence-electron chi connectivity index (χ3n) is 8.97. The topological polar surface area (TPSA) is 0 Å². The predicted octanol–water partition coefficient (Wildman–Crippen LogP) is 6.06. The minimum Gasteiger partial charge on any atom is -0.0530 e. The monoisotopic (exact) mass is 286 g/mol. The van der Waals surface area contributed by atoms with Crippen molar-refractivity contribution in [3.05, 3.63) is 0 Å². The normalized spacial score (nSPS) is 56.0. The summed E-state index contributed by atoms with van der Waals surface area (Å²) >= 11 is 0. The molecule has 0 nitrogen and oxygen atoms in total. The van der Waals surface area contributed by atoms with Crippen molar-refractivity contribution in [2.24, 2.45) is 47.3 Å². The first kappa shape index (κ1) is 13.4. The van der Waals surface area contributed by atoms with Gasteiger partial charge in [-0.2, -0.15) is 0 Å². The van der Waals surface area contributed by atoms with Crippen LogP contribution in [0, 0.1) is 47.3 Å². The van der Waals surface area contributed by atoms with Crippen LogP contribution in [0.1, 0.15) is 83.5 Å². The molecule has 0 amide bonds. The Balaban J connectivity index is 1.39. The van der Waals surface area contributed by atoms with Gasteiger partial charge in [0, 0.05) is 0 Å². The summed E-state index contributed by atoms with van der Waals surface area (Å²) in [4.78, 5) is 0. The van der Waals surface area contributed by atoms with Gasteiger partial charge in [0.1, 0.15) is 0 Å². The zero-order valence-electron chi connectivity index (χ0n) is 13.8. The van der Waals surface area contributed by atoms with E-state index in [9.17, 15) is 0 Å². The molecule has 0 aromatic heterocycles. The van der Waals surface area contributed by atoms with Crippen molar-refractivity contribution in [1.29, 1.82) is 0 Å². The van der Waals surface area contributed by atoms with Crippen molar-refractivity contribution in [1.82, 2.24) is 0 Å². The summed E-state index contributed by atoms with van der Waals surface area (Å²) in [6.45, 7) is 0. The van der Waals surface area contributed by atoms with Crippen LogP contribution in [0.3, 0.4) is 0 Å². The Morgan fingerprint density at radius 2 is 0.810 bits per heavy atom. The highest BCUT2D eigenvalue weighted by Crippen LogP contribution is 2.62. The molecule has 0 aliphatic heterocycles. The summed E-state index contributed by atoms with van der Waals surface area (Å²) in [6.07, 6.45) is 20.8. The van der Waals surface area contributed by atoms with E-state index in [4.69, 9.17) is 0 Å². The second-order valence-electron chi connectivity index (χ2n) is 9.46. The molecule has 0 aromatic rings. The van der Waals surface area contributed by atoms with Gasteiger partial charge in [0.2, 0.25) is 0 Å². The van der Waals surface area contributed by atoms with Gasteiger partial charge in [-0.05, 0) is 92.3 Å². The van der Waals surface area contributed by atoms with E-state index in [-0.39, 0.29) is 0 Å². The molecular formula is C21H34. The lowest BCUT2D eigenvalue weighted by Crippen LogP contribution is -2.37. The lowest BCUT2D eigenvalue weighted by molar-refractivity contribution is 0.0376. The SMILES string of the molecule is C1CCC2C(C1)CCC1C2CC2C3CCCCC3CCC21. The van der Waals surface area contributed by atoms with Crippen LogP contribution >= 0.6 is 0 Å². The summed E-state index contributed by atoms with van der Waals surface area (Å²) in [5.41, 5.74) is 0. The summed E-state index contributed by atoms with van der Waals surface area (Å²) in [6, 6.07) is 0. The van der Waals surface area contributed by atoms with E-state index in [1.54, 1.807) is 83.5 Å². The standard InChI is InChI=1S/C21H34/c1-3-7-16-14(5-1)9-11-18-19-12-10-15-6-2-4-8-17(15)21(19)13-20(16)18/h14-21H,1-13H2. The quantitative estimate of drug-likeness (QED) is 0.508. The van der Waals surface area contributed by atoms with Crippen LogP contribution in [0.2, 0.25) is 0 Å². The zero-order chi connectivity index (χ0) is 13.8. The molecule has 0 heteroatoms. The molecule has 0 spiro atoms. The number of fused-ring (bicyclic) bond motifs is 7. The van der Waals surface area contributed by atoms with Crippen molar-refractivity contribution in [3.8, 4) is 0 Å². The van der Waals surface area contributed by atoms with E-state index in [1.807, 2.05) is 0 Å². The van der Waals surface area contributed by atoms with Gasteiger partial charge in [-0.25, -0.2) is 0 Å². The molecule has 5 rings (SSSR count). The first-order valence-corrected chi connectivity index (χ1v) is 10.4. The molecule has 5 aliphatic carbocycles. The van der Waals surface area contributed by atoms with Gasteiger partial charge in [-0.15, -0.1) is 0 Å². The van der Waals surface area contributed by atoms with E-state index in [1.165, 1.54) is 35.5 Å². The second kappa shape index (κ2) is 5.27. The minimum atomic E-state index is 1.15. The molecule has 5 saturated carbocycles. The first-order chi connectivity index (χ1) is 10.4. The van der Waals surface area contributed by atoms with Gasteiger partial charge in [-0.1, -0.05) is 38.5 Å². The van der Waals surface area contributed by atoms with Crippen LogP contribution in [0.15, 0.2) is 0 Å². The molecule has 21 heavy (non-hydrogen) atoms. The van der Waals surface area contributed by atoms with Crippen LogP contribution < -0.4 is 0 Å². The molecule has 0 N–H and O–H groups in total. The molecule has 118 valence electrons. The molecule has 8 unspecified atom stereocenters. The Morgan fingerprint density at radius 1 is 0.333 bits per heavy atom. The Hall–Kier alpha value is 0. The summed E-state index contributed by atoms with van der Waals surface area (Å²) in [7, 11) is 0.